The zero-order valence-electron chi connectivity index (χ0n) is 14.9. The van der Waals surface area contributed by atoms with Gasteiger partial charge in [-0.15, -0.1) is 11.3 Å². The van der Waals surface area contributed by atoms with E-state index in [4.69, 9.17) is 0 Å². The number of hydrogen-bond acceptors (Lipinski definition) is 3. The summed E-state index contributed by atoms with van der Waals surface area (Å²) in [6, 6.07) is 13.5. The van der Waals surface area contributed by atoms with E-state index in [2.05, 4.69) is 5.32 Å². The molecule has 0 radical (unpaired) electrons. The molecule has 4 rings (SSSR count). The summed E-state index contributed by atoms with van der Waals surface area (Å²) in [5, 5.41) is 14.7. The van der Waals surface area contributed by atoms with E-state index in [1.807, 2.05) is 11.4 Å². The van der Waals surface area contributed by atoms with E-state index in [0.29, 0.717) is 23.4 Å². The van der Waals surface area contributed by atoms with E-state index in [1.54, 1.807) is 36.4 Å². The summed E-state index contributed by atoms with van der Waals surface area (Å²) in [5.74, 6) is -1.60. The zero-order chi connectivity index (χ0) is 19.7. The molecular formula is C22H18FNO3S. The van der Waals surface area contributed by atoms with Crippen molar-refractivity contribution >= 4 is 28.2 Å². The Hall–Kier alpha value is -2.99. The second-order valence-corrected chi connectivity index (χ2v) is 7.75. The first-order valence-corrected chi connectivity index (χ1v) is 9.89. The Morgan fingerprint density at radius 1 is 1.11 bits per heavy atom. The van der Waals surface area contributed by atoms with Gasteiger partial charge < -0.3 is 10.4 Å². The number of thiophene rings is 1. The van der Waals surface area contributed by atoms with Gasteiger partial charge in [0.15, 0.2) is 0 Å². The van der Waals surface area contributed by atoms with Crippen LogP contribution in [0.4, 0.5) is 9.39 Å². The molecule has 0 saturated carbocycles. The quantitative estimate of drug-likeness (QED) is 0.645. The van der Waals surface area contributed by atoms with Crippen LogP contribution in [0, 0.1) is 5.82 Å². The molecule has 0 aliphatic heterocycles. The normalized spacial score (nSPS) is 15.7. The van der Waals surface area contributed by atoms with Crippen LogP contribution in [0.2, 0.25) is 0 Å². The number of halogens is 1. The van der Waals surface area contributed by atoms with Crippen LogP contribution in [0.1, 0.15) is 49.7 Å². The Balaban J connectivity index is 1.61. The fraction of sp³-hybridized carbons (Fsp3) is 0.182. The Bertz CT molecular complexity index is 1050. The minimum Gasteiger partial charge on any atom is -0.478 e. The summed E-state index contributed by atoms with van der Waals surface area (Å²) >= 11 is 1.23. The summed E-state index contributed by atoms with van der Waals surface area (Å²) in [4.78, 5) is 24.4. The summed E-state index contributed by atoms with van der Waals surface area (Å²) in [7, 11) is 0. The molecule has 1 unspecified atom stereocenters. The predicted octanol–water partition coefficient (Wildman–Crippen LogP) is 5.11. The molecule has 4 nitrogen and oxygen atoms in total. The van der Waals surface area contributed by atoms with Crippen molar-refractivity contribution in [2.75, 3.05) is 5.32 Å². The fourth-order valence-electron chi connectivity index (χ4n) is 3.74. The number of carbonyl (C=O) groups excluding carboxylic acids is 1. The van der Waals surface area contributed by atoms with Crippen LogP contribution in [0.3, 0.4) is 0 Å². The number of aromatic carboxylic acids is 1. The van der Waals surface area contributed by atoms with Crippen molar-refractivity contribution in [2.24, 2.45) is 0 Å². The van der Waals surface area contributed by atoms with Crippen LogP contribution in [-0.2, 0) is 12.8 Å². The average molecular weight is 395 g/mol. The Labute approximate surface area is 165 Å². The van der Waals surface area contributed by atoms with Crippen LogP contribution < -0.4 is 5.32 Å². The number of carboxylic acids is 1. The third kappa shape index (κ3) is 3.55. The number of anilines is 1. The molecule has 1 aromatic heterocycles. The van der Waals surface area contributed by atoms with Gasteiger partial charge in [0.1, 0.15) is 10.8 Å². The molecule has 0 fully saturated rings. The van der Waals surface area contributed by atoms with Crippen molar-refractivity contribution in [3.8, 4) is 0 Å². The van der Waals surface area contributed by atoms with Gasteiger partial charge in [0, 0.05) is 5.56 Å². The highest BCUT2D eigenvalue weighted by molar-refractivity contribution is 7.15. The highest BCUT2D eigenvalue weighted by Crippen LogP contribution is 2.40. The van der Waals surface area contributed by atoms with E-state index < -0.39 is 5.97 Å². The third-order valence-corrected chi connectivity index (χ3v) is 6.05. The Kier molecular flexibility index (Phi) is 4.96. The van der Waals surface area contributed by atoms with Gasteiger partial charge in [-0.1, -0.05) is 24.3 Å². The second-order valence-electron chi connectivity index (χ2n) is 6.87. The standard InChI is InChI=1S/C22H18FNO3S/c23-17-9-8-14-10-16(7-6-15(14)11-17)18-12-28-21(19(18)22(26)27)24-20(25)13-4-2-1-3-5-13/h1-5,8-9,11-12,16H,6-7,10H2,(H,24,25)(H,26,27). The summed E-state index contributed by atoms with van der Waals surface area (Å²) in [5.41, 5.74) is 3.40. The number of carbonyl (C=O) groups is 2. The number of rotatable bonds is 4. The first-order valence-electron chi connectivity index (χ1n) is 9.01. The van der Waals surface area contributed by atoms with E-state index >= 15 is 0 Å². The number of amides is 1. The van der Waals surface area contributed by atoms with Gasteiger partial charge in [-0.25, -0.2) is 9.18 Å². The number of nitrogens with one attached hydrogen (secondary N) is 1. The Morgan fingerprint density at radius 2 is 1.89 bits per heavy atom. The molecule has 28 heavy (non-hydrogen) atoms. The molecule has 3 aromatic rings. The molecular weight excluding hydrogens is 377 g/mol. The largest absolute Gasteiger partial charge is 0.478 e. The molecule has 6 heteroatoms. The van der Waals surface area contributed by atoms with Crippen molar-refractivity contribution in [2.45, 2.75) is 25.2 Å². The highest BCUT2D eigenvalue weighted by Gasteiger charge is 2.28. The van der Waals surface area contributed by atoms with Gasteiger partial charge in [0.05, 0.1) is 5.56 Å². The minimum atomic E-state index is -1.05. The second kappa shape index (κ2) is 7.56. The van der Waals surface area contributed by atoms with Crippen LogP contribution in [0.15, 0.2) is 53.9 Å². The first kappa shape index (κ1) is 18.4. The van der Waals surface area contributed by atoms with Crippen LogP contribution in [0.5, 0.6) is 0 Å². The molecule has 1 atom stereocenters. The van der Waals surface area contributed by atoms with E-state index in [9.17, 15) is 19.1 Å². The maximum absolute atomic E-state index is 13.4. The monoisotopic (exact) mass is 395 g/mol. The number of aryl methyl sites for hydroxylation is 1. The molecule has 142 valence electrons. The predicted molar refractivity (Wildman–Crippen MR) is 107 cm³/mol. The van der Waals surface area contributed by atoms with Crippen molar-refractivity contribution in [3.63, 3.8) is 0 Å². The van der Waals surface area contributed by atoms with Gasteiger partial charge in [-0.2, -0.15) is 0 Å². The maximum atomic E-state index is 13.4. The highest BCUT2D eigenvalue weighted by atomic mass is 32.1. The molecule has 1 amide bonds. The number of fused-ring (bicyclic) bond motifs is 1. The molecule has 0 spiro atoms. The van der Waals surface area contributed by atoms with Gasteiger partial charge >= 0.3 is 5.97 Å². The van der Waals surface area contributed by atoms with Crippen molar-refractivity contribution < 1.29 is 19.1 Å². The number of hydrogen-bond donors (Lipinski definition) is 2. The average Bonchev–Trinajstić information content (AvgIpc) is 3.12. The van der Waals surface area contributed by atoms with Crippen molar-refractivity contribution in [1.29, 1.82) is 0 Å². The Morgan fingerprint density at radius 3 is 2.64 bits per heavy atom. The van der Waals surface area contributed by atoms with Crippen LogP contribution >= 0.6 is 11.3 Å². The van der Waals surface area contributed by atoms with Crippen molar-refractivity contribution in [3.05, 3.63) is 87.5 Å². The van der Waals surface area contributed by atoms with Crippen LogP contribution in [0.25, 0.3) is 0 Å². The van der Waals surface area contributed by atoms with E-state index in [-0.39, 0.29) is 23.2 Å². The smallest absolute Gasteiger partial charge is 0.339 e. The molecule has 2 aromatic carbocycles. The lowest BCUT2D eigenvalue weighted by molar-refractivity contribution is 0.0696. The first-order chi connectivity index (χ1) is 13.5. The topological polar surface area (TPSA) is 66.4 Å². The molecule has 2 N–H and O–H groups in total. The lowest BCUT2D eigenvalue weighted by Gasteiger charge is -2.25. The zero-order valence-corrected chi connectivity index (χ0v) is 15.8. The molecule has 1 heterocycles. The van der Waals surface area contributed by atoms with Crippen LogP contribution in [-0.4, -0.2) is 17.0 Å². The lowest BCUT2D eigenvalue weighted by atomic mass is 9.80. The third-order valence-electron chi connectivity index (χ3n) is 5.13. The SMILES string of the molecule is O=C(Nc1scc(C2CCc3cc(F)ccc3C2)c1C(=O)O)c1ccccc1. The van der Waals surface area contributed by atoms with Gasteiger partial charge in [0.2, 0.25) is 0 Å². The van der Waals surface area contributed by atoms with Gasteiger partial charge in [-0.05, 0) is 71.5 Å². The molecule has 0 saturated heterocycles. The summed E-state index contributed by atoms with van der Waals surface area (Å²) in [6.07, 6.45) is 2.12. The lowest BCUT2D eigenvalue weighted by Crippen LogP contribution is -2.17. The van der Waals surface area contributed by atoms with Gasteiger partial charge in [0.25, 0.3) is 5.91 Å². The number of benzene rings is 2. The summed E-state index contributed by atoms with van der Waals surface area (Å²) < 4.78 is 13.4. The van der Waals surface area contributed by atoms with Crippen molar-refractivity contribution in [1.82, 2.24) is 0 Å². The minimum absolute atomic E-state index is 0.0303. The fourth-order valence-corrected chi connectivity index (χ4v) is 4.77. The summed E-state index contributed by atoms with van der Waals surface area (Å²) in [6.45, 7) is 0. The van der Waals surface area contributed by atoms with Gasteiger partial charge in [-0.3, -0.25) is 4.79 Å². The number of carboxylic acid groups (broad SMARTS) is 1. The van der Waals surface area contributed by atoms with E-state index in [1.165, 1.54) is 17.4 Å². The molecule has 1 aliphatic rings. The maximum Gasteiger partial charge on any atom is 0.339 e. The molecule has 1 aliphatic carbocycles. The van der Waals surface area contributed by atoms with E-state index in [0.717, 1.165) is 23.1 Å². The molecule has 0 bridgehead atoms.